The summed E-state index contributed by atoms with van der Waals surface area (Å²) in [6.07, 6.45) is 2.42. The number of thioether (sulfide) groups is 4. The molecule has 0 radical (unpaired) electrons. The fourth-order valence-corrected chi connectivity index (χ4v) is 9.98. The molecule has 3 fully saturated rings. The van der Waals surface area contributed by atoms with Crippen molar-refractivity contribution in [1.82, 2.24) is 4.90 Å². The van der Waals surface area contributed by atoms with E-state index in [-0.39, 0.29) is 16.5 Å². The molecule has 24 heavy (non-hydrogen) atoms. The minimum absolute atomic E-state index is 0.0876. The molecular formula is C18H21NOS4. The number of likely N-dealkylation sites (tertiary alicyclic amines) is 1. The highest BCUT2D eigenvalue weighted by Gasteiger charge is 2.60. The van der Waals surface area contributed by atoms with Gasteiger partial charge >= 0.3 is 0 Å². The van der Waals surface area contributed by atoms with Gasteiger partial charge in [-0.3, -0.25) is 9.69 Å². The smallest absolute Gasteiger partial charge is 0.255 e. The molecule has 0 bridgehead atoms. The van der Waals surface area contributed by atoms with Crippen molar-refractivity contribution in [1.29, 1.82) is 0 Å². The number of hydrogen-bond donors (Lipinski definition) is 0. The molecule has 6 heteroatoms. The van der Waals surface area contributed by atoms with Gasteiger partial charge in [0.25, 0.3) is 5.91 Å². The van der Waals surface area contributed by atoms with Crippen molar-refractivity contribution < 1.29 is 4.79 Å². The van der Waals surface area contributed by atoms with Crippen LogP contribution in [0.5, 0.6) is 0 Å². The van der Waals surface area contributed by atoms with E-state index in [1.165, 1.54) is 18.4 Å². The summed E-state index contributed by atoms with van der Waals surface area (Å²) in [5.41, 5.74) is 2.23. The molecule has 1 atom stereocenters. The third-order valence-corrected chi connectivity index (χ3v) is 10.8. The average Bonchev–Trinajstić information content (AvgIpc) is 2.84. The molecule has 0 N–H and O–H groups in total. The van der Waals surface area contributed by atoms with E-state index in [1.54, 1.807) is 0 Å². The topological polar surface area (TPSA) is 20.3 Å². The number of carbonyl (C=O) groups is 1. The monoisotopic (exact) mass is 395 g/mol. The first-order chi connectivity index (χ1) is 11.7. The lowest BCUT2D eigenvalue weighted by Crippen LogP contribution is -2.41. The maximum atomic E-state index is 13.6. The molecule has 1 aromatic rings. The summed E-state index contributed by atoms with van der Waals surface area (Å²) < 4.78 is -0.206. The lowest BCUT2D eigenvalue weighted by molar-refractivity contribution is -0.126. The SMILES string of the molecule is C=C1C(c2ccccc2)C2(SCCCS2)C(=O)N1C1SCCCS1. The van der Waals surface area contributed by atoms with Crippen LogP contribution in [-0.4, -0.2) is 42.6 Å². The minimum atomic E-state index is -0.407. The van der Waals surface area contributed by atoms with E-state index in [1.807, 2.05) is 58.0 Å². The van der Waals surface area contributed by atoms with Gasteiger partial charge in [-0.25, -0.2) is 0 Å². The Bertz CT molecular complexity index is 623. The number of rotatable bonds is 2. The fourth-order valence-electron chi connectivity index (χ4n) is 3.53. The van der Waals surface area contributed by atoms with Gasteiger partial charge in [-0.2, -0.15) is 0 Å². The molecule has 128 valence electrons. The number of hydrogen-bond acceptors (Lipinski definition) is 5. The first-order valence-corrected chi connectivity index (χ1v) is 12.4. The number of carbonyl (C=O) groups excluding carboxylic acids is 1. The number of amides is 1. The van der Waals surface area contributed by atoms with Gasteiger partial charge in [0.2, 0.25) is 0 Å². The molecule has 1 amide bonds. The molecule has 4 rings (SSSR count). The standard InChI is InChI=1S/C18H21NOS4/c1-13-15(14-7-3-2-4-8-14)18(23-11-6-12-24-18)16(20)19(13)17-21-9-5-10-22-17/h2-4,7-8,15,17H,1,5-6,9-12H2. The normalized spacial score (nSPS) is 27.8. The van der Waals surface area contributed by atoms with Crippen molar-refractivity contribution in [3.05, 3.63) is 48.2 Å². The molecule has 1 spiro atoms. The first-order valence-electron chi connectivity index (χ1n) is 8.32. The van der Waals surface area contributed by atoms with Crippen LogP contribution in [0.4, 0.5) is 0 Å². The second kappa shape index (κ2) is 7.22. The van der Waals surface area contributed by atoms with Crippen molar-refractivity contribution in [2.75, 3.05) is 23.0 Å². The van der Waals surface area contributed by atoms with Gasteiger partial charge in [-0.1, -0.05) is 36.9 Å². The third kappa shape index (κ3) is 2.83. The minimum Gasteiger partial charge on any atom is -0.292 e. The van der Waals surface area contributed by atoms with E-state index < -0.39 is 4.08 Å². The van der Waals surface area contributed by atoms with E-state index >= 15 is 0 Å². The quantitative estimate of drug-likeness (QED) is 0.711. The van der Waals surface area contributed by atoms with Crippen molar-refractivity contribution in [3.63, 3.8) is 0 Å². The molecule has 3 aliphatic rings. The van der Waals surface area contributed by atoms with Crippen LogP contribution in [0.25, 0.3) is 0 Å². The molecule has 0 aromatic heterocycles. The number of nitrogens with zero attached hydrogens (tertiary/aromatic N) is 1. The molecule has 3 heterocycles. The van der Waals surface area contributed by atoms with E-state index in [4.69, 9.17) is 0 Å². The van der Waals surface area contributed by atoms with Crippen LogP contribution in [0.15, 0.2) is 42.6 Å². The van der Waals surface area contributed by atoms with Gasteiger partial charge in [0.1, 0.15) is 4.71 Å². The zero-order valence-electron chi connectivity index (χ0n) is 13.5. The number of allylic oxidation sites excluding steroid dienone is 1. The van der Waals surface area contributed by atoms with Crippen LogP contribution >= 0.6 is 47.0 Å². The molecule has 0 aliphatic carbocycles. The van der Waals surface area contributed by atoms with Crippen molar-refractivity contribution in [2.24, 2.45) is 0 Å². The van der Waals surface area contributed by atoms with Crippen molar-refractivity contribution in [3.8, 4) is 0 Å². The lowest BCUT2D eigenvalue weighted by Gasteiger charge is -2.35. The summed E-state index contributed by atoms with van der Waals surface area (Å²) in [6.45, 7) is 4.42. The lowest BCUT2D eigenvalue weighted by atomic mass is 9.95. The van der Waals surface area contributed by atoms with E-state index in [2.05, 4.69) is 30.8 Å². The van der Waals surface area contributed by atoms with Crippen molar-refractivity contribution >= 4 is 53.0 Å². The molecule has 2 nitrogen and oxygen atoms in total. The second-order valence-corrected chi connectivity index (χ2v) is 11.7. The first kappa shape index (κ1) is 17.3. The Morgan fingerprint density at radius 1 is 1.00 bits per heavy atom. The fraction of sp³-hybridized carbons (Fsp3) is 0.500. The Labute approximate surface area is 161 Å². The maximum Gasteiger partial charge on any atom is 0.255 e. The van der Waals surface area contributed by atoms with E-state index in [0.717, 1.165) is 28.7 Å². The highest BCUT2D eigenvalue weighted by atomic mass is 32.2. The van der Waals surface area contributed by atoms with Gasteiger partial charge in [0, 0.05) is 5.70 Å². The third-order valence-electron chi connectivity index (χ3n) is 4.61. The van der Waals surface area contributed by atoms with Crippen LogP contribution < -0.4 is 0 Å². The van der Waals surface area contributed by atoms with Crippen LogP contribution in [0.1, 0.15) is 24.3 Å². The Morgan fingerprint density at radius 3 is 2.29 bits per heavy atom. The summed E-state index contributed by atoms with van der Waals surface area (Å²) in [6, 6.07) is 10.5. The van der Waals surface area contributed by atoms with E-state index in [9.17, 15) is 4.79 Å². The van der Waals surface area contributed by atoms with Gasteiger partial charge in [0.05, 0.1) is 5.92 Å². The predicted octanol–water partition coefficient (Wildman–Crippen LogP) is 4.85. The van der Waals surface area contributed by atoms with Gasteiger partial charge in [0.15, 0.2) is 4.08 Å². The van der Waals surface area contributed by atoms with E-state index in [0.29, 0.717) is 0 Å². The Morgan fingerprint density at radius 2 is 1.62 bits per heavy atom. The number of benzene rings is 1. The molecule has 3 aliphatic heterocycles. The Kier molecular flexibility index (Phi) is 5.19. The average molecular weight is 396 g/mol. The maximum absolute atomic E-state index is 13.6. The highest BCUT2D eigenvalue weighted by Crippen LogP contribution is 2.61. The molecular weight excluding hydrogens is 374 g/mol. The van der Waals surface area contributed by atoms with Crippen LogP contribution in [0, 0.1) is 0 Å². The summed E-state index contributed by atoms with van der Waals surface area (Å²) in [5.74, 6) is 4.77. The van der Waals surface area contributed by atoms with Crippen LogP contribution in [0.2, 0.25) is 0 Å². The zero-order chi connectivity index (χ0) is 16.6. The highest BCUT2D eigenvalue weighted by molar-refractivity contribution is 8.20. The zero-order valence-corrected chi connectivity index (χ0v) is 16.7. The van der Waals surface area contributed by atoms with Gasteiger partial charge in [-0.15, -0.1) is 47.0 Å². The molecule has 0 saturated carbocycles. The summed E-state index contributed by atoms with van der Waals surface area (Å²) in [5, 5.41) is 0. The van der Waals surface area contributed by atoms with Gasteiger partial charge < -0.3 is 0 Å². The largest absolute Gasteiger partial charge is 0.292 e. The van der Waals surface area contributed by atoms with Crippen LogP contribution in [0.3, 0.4) is 0 Å². The van der Waals surface area contributed by atoms with Gasteiger partial charge in [-0.05, 0) is 41.4 Å². The Balaban J connectivity index is 1.75. The summed E-state index contributed by atoms with van der Waals surface area (Å²) >= 11 is 7.50. The summed E-state index contributed by atoms with van der Waals surface area (Å²) in [7, 11) is 0. The van der Waals surface area contributed by atoms with Crippen molar-refractivity contribution in [2.45, 2.75) is 27.5 Å². The second-order valence-electron chi connectivity index (χ2n) is 6.13. The molecule has 1 aromatic carbocycles. The molecule has 1 unspecified atom stereocenters. The summed E-state index contributed by atoms with van der Waals surface area (Å²) in [4.78, 5) is 15.6. The predicted molar refractivity (Wildman–Crippen MR) is 111 cm³/mol. The van der Waals surface area contributed by atoms with Crippen LogP contribution in [-0.2, 0) is 4.79 Å². The molecule has 3 saturated heterocycles. The Hall–Kier alpha value is -0.170.